The fourth-order valence-electron chi connectivity index (χ4n) is 3.16. The van der Waals surface area contributed by atoms with Gasteiger partial charge in [-0.3, -0.25) is 4.99 Å². The fraction of sp³-hybridized carbons (Fsp3) is 0.941. The molecule has 2 N–H and O–H groups in total. The zero-order chi connectivity index (χ0) is 16.3. The smallest absolute Gasteiger partial charge is 0.191 e. The number of hydrogen-bond donors (Lipinski definition) is 2. The molecule has 0 bridgehead atoms. The third kappa shape index (κ3) is 7.77. The third-order valence-electron chi connectivity index (χ3n) is 4.58. The van der Waals surface area contributed by atoms with E-state index < -0.39 is 0 Å². The van der Waals surface area contributed by atoms with Crippen LogP contribution >= 0.6 is 11.8 Å². The zero-order valence-corrected chi connectivity index (χ0v) is 15.8. The molecule has 2 aliphatic rings. The predicted octanol–water partition coefficient (Wildman–Crippen LogP) is 1.46. The molecule has 0 saturated carbocycles. The average molecular weight is 342 g/mol. The van der Waals surface area contributed by atoms with Crippen LogP contribution in [0.2, 0.25) is 0 Å². The van der Waals surface area contributed by atoms with Gasteiger partial charge in [0.05, 0.1) is 6.54 Å². The third-order valence-corrected chi connectivity index (χ3v) is 5.96. The standard InChI is InChI=1S/C17H35N5S/c1-3-18-17(20-15-16-7-4-14-23-16)19-8-5-10-22-11-6-9-21(2)12-13-22/h16H,3-15H2,1-2H3,(H2,18,19,20). The molecule has 134 valence electrons. The Bertz CT molecular complexity index is 344. The molecule has 2 heterocycles. The topological polar surface area (TPSA) is 42.9 Å². The minimum atomic E-state index is 0.736. The summed E-state index contributed by atoms with van der Waals surface area (Å²) in [5.41, 5.74) is 0. The highest BCUT2D eigenvalue weighted by Gasteiger charge is 2.15. The van der Waals surface area contributed by atoms with Crippen LogP contribution in [0.5, 0.6) is 0 Å². The van der Waals surface area contributed by atoms with Crippen LogP contribution in [0.4, 0.5) is 0 Å². The first-order chi connectivity index (χ1) is 11.3. The Morgan fingerprint density at radius 3 is 2.87 bits per heavy atom. The minimum absolute atomic E-state index is 0.736. The molecule has 0 spiro atoms. The van der Waals surface area contributed by atoms with E-state index in [9.17, 15) is 0 Å². The maximum absolute atomic E-state index is 4.76. The second-order valence-electron chi connectivity index (χ2n) is 6.63. The molecule has 0 aliphatic carbocycles. The molecule has 0 amide bonds. The maximum Gasteiger partial charge on any atom is 0.191 e. The normalized spacial score (nSPS) is 24.6. The van der Waals surface area contributed by atoms with Crippen molar-refractivity contribution in [2.75, 3.05) is 65.2 Å². The molecule has 2 aliphatic heterocycles. The molecule has 0 radical (unpaired) electrons. The van der Waals surface area contributed by atoms with Crippen molar-refractivity contribution in [1.29, 1.82) is 0 Å². The first-order valence-electron chi connectivity index (χ1n) is 9.32. The molecule has 2 rings (SSSR count). The van der Waals surface area contributed by atoms with Crippen molar-refractivity contribution in [3.63, 3.8) is 0 Å². The lowest BCUT2D eigenvalue weighted by Crippen LogP contribution is -2.39. The van der Waals surface area contributed by atoms with Gasteiger partial charge in [0.1, 0.15) is 0 Å². The van der Waals surface area contributed by atoms with E-state index in [1.165, 1.54) is 64.2 Å². The molecule has 23 heavy (non-hydrogen) atoms. The van der Waals surface area contributed by atoms with E-state index in [2.05, 4.69) is 46.2 Å². The monoisotopic (exact) mass is 341 g/mol. The number of nitrogens with one attached hydrogen (secondary N) is 2. The summed E-state index contributed by atoms with van der Waals surface area (Å²) in [4.78, 5) is 9.80. The number of aliphatic imine (C=N–C) groups is 1. The first-order valence-corrected chi connectivity index (χ1v) is 10.4. The van der Waals surface area contributed by atoms with Crippen LogP contribution in [-0.2, 0) is 0 Å². The first kappa shape index (κ1) is 18.9. The van der Waals surface area contributed by atoms with Crippen LogP contribution in [-0.4, -0.2) is 86.2 Å². The summed E-state index contributed by atoms with van der Waals surface area (Å²) < 4.78 is 0. The zero-order valence-electron chi connectivity index (χ0n) is 15.0. The maximum atomic E-state index is 4.76. The largest absolute Gasteiger partial charge is 0.357 e. The van der Waals surface area contributed by atoms with Gasteiger partial charge >= 0.3 is 0 Å². The van der Waals surface area contributed by atoms with E-state index in [4.69, 9.17) is 4.99 Å². The van der Waals surface area contributed by atoms with Gasteiger partial charge in [-0.25, -0.2) is 0 Å². The Balaban J connectivity index is 1.62. The highest BCUT2D eigenvalue weighted by atomic mass is 32.2. The Labute approximate surface area is 146 Å². The van der Waals surface area contributed by atoms with Crippen molar-refractivity contribution in [3.8, 4) is 0 Å². The molecule has 2 fully saturated rings. The van der Waals surface area contributed by atoms with Crippen LogP contribution < -0.4 is 10.6 Å². The van der Waals surface area contributed by atoms with Crippen molar-refractivity contribution in [2.45, 2.75) is 37.9 Å². The number of likely N-dealkylation sites (N-methyl/N-ethyl adjacent to an activating group) is 1. The van der Waals surface area contributed by atoms with E-state index in [-0.39, 0.29) is 0 Å². The Kier molecular flexibility index (Phi) is 9.15. The van der Waals surface area contributed by atoms with Crippen LogP contribution in [0.1, 0.15) is 32.6 Å². The van der Waals surface area contributed by atoms with E-state index in [0.717, 1.165) is 30.8 Å². The van der Waals surface area contributed by atoms with Gasteiger partial charge in [-0.1, -0.05) is 0 Å². The van der Waals surface area contributed by atoms with Gasteiger partial charge in [-0.2, -0.15) is 11.8 Å². The van der Waals surface area contributed by atoms with E-state index in [1.807, 2.05) is 0 Å². The summed E-state index contributed by atoms with van der Waals surface area (Å²) in [6.07, 6.45) is 5.18. The molecule has 5 nitrogen and oxygen atoms in total. The molecule has 0 aromatic rings. The highest BCUT2D eigenvalue weighted by molar-refractivity contribution is 8.00. The number of guanidine groups is 1. The van der Waals surface area contributed by atoms with E-state index in [1.54, 1.807) is 0 Å². The van der Waals surface area contributed by atoms with Crippen LogP contribution in [0.3, 0.4) is 0 Å². The van der Waals surface area contributed by atoms with Crippen molar-refractivity contribution < 1.29 is 0 Å². The summed E-state index contributed by atoms with van der Waals surface area (Å²) >= 11 is 2.08. The molecular weight excluding hydrogens is 306 g/mol. The Morgan fingerprint density at radius 1 is 1.17 bits per heavy atom. The Morgan fingerprint density at radius 2 is 2.09 bits per heavy atom. The van der Waals surface area contributed by atoms with Gasteiger partial charge in [0.2, 0.25) is 0 Å². The van der Waals surface area contributed by atoms with Crippen molar-refractivity contribution in [1.82, 2.24) is 20.4 Å². The van der Waals surface area contributed by atoms with E-state index >= 15 is 0 Å². The molecule has 1 unspecified atom stereocenters. The van der Waals surface area contributed by atoms with Gasteiger partial charge in [0.25, 0.3) is 0 Å². The lowest BCUT2D eigenvalue weighted by molar-refractivity contribution is 0.274. The molecule has 1 atom stereocenters. The second kappa shape index (κ2) is 11.2. The summed E-state index contributed by atoms with van der Waals surface area (Å²) in [6.45, 7) is 11.1. The van der Waals surface area contributed by atoms with Crippen molar-refractivity contribution in [3.05, 3.63) is 0 Å². The van der Waals surface area contributed by atoms with Gasteiger partial charge in [0.15, 0.2) is 5.96 Å². The number of nitrogens with zero attached hydrogens (tertiary/aromatic N) is 3. The number of thioether (sulfide) groups is 1. The van der Waals surface area contributed by atoms with Crippen LogP contribution in [0, 0.1) is 0 Å². The second-order valence-corrected chi connectivity index (χ2v) is 8.04. The van der Waals surface area contributed by atoms with Gasteiger partial charge in [0, 0.05) is 31.4 Å². The summed E-state index contributed by atoms with van der Waals surface area (Å²) in [7, 11) is 2.23. The summed E-state index contributed by atoms with van der Waals surface area (Å²) in [5.74, 6) is 2.31. The number of hydrogen-bond acceptors (Lipinski definition) is 4. The van der Waals surface area contributed by atoms with Crippen LogP contribution in [0.25, 0.3) is 0 Å². The Hall–Kier alpha value is -0.460. The molecule has 0 aromatic heterocycles. The van der Waals surface area contributed by atoms with Crippen molar-refractivity contribution in [2.24, 2.45) is 4.99 Å². The number of rotatable bonds is 7. The molecule has 2 saturated heterocycles. The highest BCUT2D eigenvalue weighted by Crippen LogP contribution is 2.25. The summed E-state index contributed by atoms with van der Waals surface area (Å²) in [5, 5.41) is 7.61. The lowest BCUT2D eigenvalue weighted by Gasteiger charge is -2.20. The molecule has 6 heteroatoms. The quantitative estimate of drug-likeness (QED) is 0.417. The molecular formula is C17H35N5S. The average Bonchev–Trinajstić information content (AvgIpc) is 2.98. The van der Waals surface area contributed by atoms with E-state index in [0.29, 0.717) is 0 Å². The van der Waals surface area contributed by atoms with Crippen LogP contribution in [0.15, 0.2) is 4.99 Å². The molecule has 0 aromatic carbocycles. The predicted molar refractivity (Wildman–Crippen MR) is 103 cm³/mol. The van der Waals surface area contributed by atoms with Gasteiger partial charge < -0.3 is 20.4 Å². The van der Waals surface area contributed by atoms with Gasteiger partial charge in [-0.05, 0) is 65.0 Å². The minimum Gasteiger partial charge on any atom is -0.357 e. The van der Waals surface area contributed by atoms with Gasteiger partial charge in [-0.15, -0.1) is 0 Å². The lowest BCUT2D eigenvalue weighted by atomic mass is 10.2. The SMILES string of the molecule is CCNC(=NCC1CCCS1)NCCCN1CCCN(C)CC1. The summed E-state index contributed by atoms with van der Waals surface area (Å²) in [6, 6.07) is 0. The fourth-order valence-corrected chi connectivity index (χ4v) is 4.34. The van der Waals surface area contributed by atoms with Crippen molar-refractivity contribution >= 4 is 17.7 Å².